The van der Waals surface area contributed by atoms with Crippen molar-refractivity contribution in [2.45, 2.75) is 27.7 Å². The van der Waals surface area contributed by atoms with E-state index in [9.17, 15) is 0 Å². The first-order chi connectivity index (χ1) is 13.2. The lowest BCUT2D eigenvalue weighted by molar-refractivity contribution is 1.13. The molecule has 3 rings (SSSR count). The van der Waals surface area contributed by atoms with E-state index in [4.69, 9.17) is 0 Å². The van der Waals surface area contributed by atoms with Gasteiger partial charge in [0.2, 0.25) is 0 Å². The Hall–Kier alpha value is -2.80. The number of rotatable bonds is 4. The van der Waals surface area contributed by atoms with Gasteiger partial charge in [0, 0.05) is 19.8 Å². The fourth-order valence-corrected chi connectivity index (χ4v) is 2.60. The van der Waals surface area contributed by atoms with Crippen molar-refractivity contribution in [2.75, 3.05) is 19.0 Å². The molecule has 0 spiro atoms. The van der Waals surface area contributed by atoms with Gasteiger partial charge in [-0.1, -0.05) is 100 Å². The van der Waals surface area contributed by atoms with Gasteiger partial charge in [-0.05, 0) is 40.5 Å². The van der Waals surface area contributed by atoms with Crippen LogP contribution in [0, 0.1) is 0 Å². The Labute approximate surface area is 166 Å². The Kier molecular flexibility index (Phi) is 10.3. The van der Waals surface area contributed by atoms with Gasteiger partial charge in [-0.25, -0.2) is 0 Å². The molecular formula is C26H33N. The average Bonchev–Trinajstić information content (AvgIpc) is 2.76. The molecule has 0 N–H and O–H groups in total. The predicted molar refractivity (Wildman–Crippen MR) is 123 cm³/mol. The van der Waals surface area contributed by atoms with E-state index in [1.807, 2.05) is 27.7 Å². The van der Waals surface area contributed by atoms with Crippen molar-refractivity contribution in [2.24, 2.45) is 0 Å². The first kappa shape index (κ1) is 22.2. The Morgan fingerprint density at radius 1 is 0.593 bits per heavy atom. The monoisotopic (exact) mass is 359 g/mol. The van der Waals surface area contributed by atoms with Crippen LogP contribution in [0.3, 0.4) is 0 Å². The third kappa shape index (κ3) is 6.79. The Balaban J connectivity index is 0.000000855. The lowest BCUT2D eigenvalue weighted by Gasteiger charge is -2.13. The summed E-state index contributed by atoms with van der Waals surface area (Å²) in [4.78, 5) is 2.11. The van der Waals surface area contributed by atoms with Gasteiger partial charge in [0.05, 0.1) is 0 Å². The molecule has 0 saturated heterocycles. The molecule has 142 valence electrons. The summed E-state index contributed by atoms with van der Waals surface area (Å²) in [6, 6.07) is 29.7. The zero-order chi connectivity index (χ0) is 20.1. The van der Waals surface area contributed by atoms with Crippen LogP contribution in [0.5, 0.6) is 0 Å². The van der Waals surface area contributed by atoms with Gasteiger partial charge in [-0.2, -0.15) is 0 Å². The molecule has 1 nitrogen and oxygen atoms in total. The highest BCUT2D eigenvalue weighted by molar-refractivity contribution is 5.91. The van der Waals surface area contributed by atoms with Gasteiger partial charge in [-0.3, -0.25) is 0 Å². The summed E-state index contributed by atoms with van der Waals surface area (Å²) in [7, 11) is 4.12. The molecular weight excluding hydrogens is 326 g/mol. The summed E-state index contributed by atoms with van der Waals surface area (Å²) in [6.07, 6.45) is 2.25. The number of anilines is 1. The third-order valence-corrected chi connectivity index (χ3v) is 3.89. The van der Waals surface area contributed by atoms with Crippen LogP contribution in [0.15, 0.2) is 84.9 Å². The standard InChI is InChI=1S/C22H21N.2C2H6/c1-23(2)21-15-13-18(14-16-21)17-22(19-9-5-3-6-10-19)20-11-7-4-8-12-20;2*1-2/h3-17H,1-2H3;2*1-2H3. The van der Waals surface area contributed by atoms with Crippen LogP contribution in [0.1, 0.15) is 44.4 Å². The van der Waals surface area contributed by atoms with Gasteiger partial charge in [-0.15, -0.1) is 0 Å². The molecule has 0 bridgehead atoms. The lowest BCUT2D eigenvalue weighted by atomic mass is 9.96. The van der Waals surface area contributed by atoms with Gasteiger partial charge in [0.1, 0.15) is 0 Å². The molecule has 0 unspecified atom stereocenters. The van der Waals surface area contributed by atoms with E-state index < -0.39 is 0 Å². The first-order valence-electron chi connectivity index (χ1n) is 9.84. The maximum Gasteiger partial charge on any atom is 0.0361 e. The molecule has 0 aliphatic rings. The molecule has 0 amide bonds. The summed E-state index contributed by atoms with van der Waals surface area (Å²) in [5.41, 5.74) is 6.12. The molecule has 1 heteroatoms. The van der Waals surface area contributed by atoms with Crippen LogP contribution < -0.4 is 4.90 Å². The van der Waals surface area contributed by atoms with Gasteiger partial charge < -0.3 is 4.90 Å². The molecule has 0 aliphatic heterocycles. The predicted octanol–water partition coefficient (Wildman–Crippen LogP) is 7.39. The third-order valence-electron chi connectivity index (χ3n) is 3.89. The van der Waals surface area contributed by atoms with E-state index in [2.05, 4.69) is 110 Å². The quantitative estimate of drug-likeness (QED) is 0.439. The zero-order valence-corrected chi connectivity index (χ0v) is 17.6. The minimum Gasteiger partial charge on any atom is -0.378 e. The fraction of sp³-hybridized carbons (Fsp3) is 0.231. The number of hydrogen-bond donors (Lipinski definition) is 0. The molecule has 3 aromatic rings. The van der Waals surface area contributed by atoms with E-state index >= 15 is 0 Å². The average molecular weight is 360 g/mol. The van der Waals surface area contributed by atoms with Crippen LogP contribution in [-0.2, 0) is 0 Å². The maximum absolute atomic E-state index is 2.25. The molecule has 0 fully saturated rings. The molecule has 27 heavy (non-hydrogen) atoms. The molecule has 0 saturated carbocycles. The van der Waals surface area contributed by atoms with Crippen molar-refractivity contribution in [3.8, 4) is 0 Å². The van der Waals surface area contributed by atoms with Crippen molar-refractivity contribution in [1.82, 2.24) is 0 Å². The fourth-order valence-electron chi connectivity index (χ4n) is 2.60. The van der Waals surface area contributed by atoms with Crippen LogP contribution in [-0.4, -0.2) is 14.1 Å². The highest BCUT2D eigenvalue weighted by atomic mass is 15.1. The lowest BCUT2D eigenvalue weighted by Crippen LogP contribution is -2.07. The van der Waals surface area contributed by atoms with Gasteiger partial charge in [0.15, 0.2) is 0 Å². The SMILES string of the molecule is CC.CC.CN(C)c1ccc(C=C(c2ccccc2)c2ccccc2)cc1. The summed E-state index contributed by atoms with van der Waals surface area (Å²) in [5.74, 6) is 0. The van der Waals surface area contributed by atoms with Crippen LogP contribution in [0.2, 0.25) is 0 Å². The molecule has 0 atom stereocenters. The van der Waals surface area contributed by atoms with E-state index in [-0.39, 0.29) is 0 Å². The van der Waals surface area contributed by atoms with Crippen LogP contribution in [0.25, 0.3) is 11.6 Å². The first-order valence-corrected chi connectivity index (χ1v) is 9.84. The smallest absolute Gasteiger partial charge is 0.0361 e. The second-order valence-corrected chi connectivity index (χ2v) is 5.78. The summed E-state index contributed by atoms with van der Waals surface area (Å²) >= 11 is 0. The van der Waals surface area contributed by atoms with Crippen molar-refractivity contribution >= 4 is 17.3 Å². The molecule has 0 heterocycles. The largest absolute Gasteiger partial charge is 0.378 e. The molecule has 0 radical (unpaired) electrons. The summed E-state index contributed by atoms with van der Waals surface area (Å²) in [5, 5.41) is 0. The van der Waals surface area contributed by atoms with E-state index in [1.54, 1.807) is 0 Å². The highest BCUT2D eigenvalue weighted by Crippen LogP contribution is 2.26. The second-order valence-electron chi connectivity index (χ2n) is 5.78. The number of hydrogen-bond acceptors (Lipinski definition) is 1. The minimum atomic E-state index is 1.21. The Bertz CT molecular complexity index is 728. The highest BCUT2D eigenvalue weighted by Gasteiger charge is 2.05. The molecule has 0 aliphatic carbocycles. The topological polar surface area (TPSA) is 3.24 Å². The van der Waals surface area contributed by atoms with Crippen molar-refractivity contribution in [3.05, 3.63) is 102 Å². The van der Waals surface area contributed by atoms with E-state index in [0.29, 0.717) is 0 Å². The van der Waals surface area contributed by atoms with Crippen LogP contribution >= 0.6 is 0 Å². The van der Waals surface area contributed by atoms with Gasteiger partial charge in [0.25, 0.3) is 0 Å². The number of nitrogens with zero attached hydrogens (tertiary/aromatic N) is 1. The maximum atomic E-state index is 2.25. The van der Waals surface area contributed by atoms with Crippen molar-refractivity contribution < 1.29 is 0 Å². The van der Waals surface area contributed by atoms with Crippen LogP contribution in [0.4, 0.5) is 5.69 Å². The molecule has 3 aromatic carbocycles. The second kappa shape index (κ2) is 12.5. The normalized spacial score (nSPS) is 9.11. The molecule has 0 aromatic heterocycles. The summed E-state index contributed by atoms with van der Waals surface area (Å²) in [6.45, 7) is 8.00. The van der Waals surface area contributed by atoms with E-state index in [1.165, 1.54) is 28.0 Å². The van der Waals surface area contributed by atoms with Crippen molar-refractivity contribution in [3.63, 3.8) is 0 Å². The van der Waals surface area contributed by atoms with Crippen molar-refractivity contribution in [1.29, 1.82) is 0 Å². The van der Waals surface area contributed by atoms with E-state index in [0.717, 1.165) is 0 Å². The Morgan fingerprint density at radius 3 is 1.37 bits per heavy atom. The Morgan fingerprint density at radius 2 is 1.00 bits per heavy atom. The van der Waals surface area contributed by atoms with Gasteiger partial charge >= 0.3 is 0 Å². The zero-order valence-electron chi connectivity index (χ0n) is 17.6. The summed E-state index contributed by atoms with van der Waals surface area (Å²) < 4.78 is 0. The minimum absolute atomic E-state index is 1.21. The number of benzene rings is 3.